The van der Waals surface area contributed by atoms with Gasteiger partial charge in [0.1, 0.15) is 23.4 Å². The van der Waals surface area contributed by atoms with Gasteiger partial charge in [0.15, 0.2) is 0 Å². The molecule has 1 amide bonds. The number of cyclic esters (lactones) is 1. The summed E-state index contributed by atoms with van der Waals surface area (Å²) < 4.78 is 17.4. The first-order valence-electron chi connectivity index (χ1n) is 12.4. The zero-order valence-corrected chi connectivity index (χ0v) is 21.4. The van der Waals surface area contributed by atoms with Gasteiger partial charge in [-0.05, 0) is 61.7 Å². The van der Waals surface area contributed by atoms with Gasteiger partial charge in [-0.25, -0.2) is 4.79 Å². The lowest BCUT2D eigenvalue weighted by molar-refractivity contribution is -0.136. The summed E-state index contributed by atoms with van der Waals surface area (Å²) in [5.41, 5.74) is 4.88. The van der Waals surface area contributed by atoms with Gasteiger partial charge in [-0.3, -0.25) is 9.69 Å². The molecule has 1 aliphatic rings. The van der Waals surface area contributed by atoms with Crippen LogP contribution < -0.4 is 4.74 Å². The predicted octanol–water partition coefficient (Wildman–Crippen LogP) is 6.46. The van der Waals surface area contributed by atoms with Crippen LogP contribution in [0.5, 0.6) is 11.5 Å². The van der Waals surface area contributed by atoms with Crippen LogP contribution in [0.1, 0.15) is 41.2 Å². The highest BCUT2D eigenvalue weighted by Crippen LogP contribution is 2.38. The van der Waals surface area contributed by atoms with Gasteiger partial charge >= 0.3 is 12.1 Å². The van der Waals surface area contributed by atoms with Gasteiger partial charge in [0.05, 0.1) is 24.7 Å². The van der Waals surface area contributed by atoms with Gasteiger partial charge in [-0.1, -0.05) is 53.7 Å². The lowest BCUT2D eigenvalue weighted by atomic mass is 9.99. The van der Waals surface area contributed by atoms with E-state index in [-0.39, 0.29) is 25.1 Å². The second-order valence-electron chi connectivity index (χ2n) is 9.43. The highest BCUT2D eigenvalue weighted by Gasteiger charge is 2.40. The standard InChI is InChI=1S/C30H28N2O6/c1-18-28(20(3)38-31-18)23-12-13-26(36-25-11-7-8-21(14-25)15-27(33)34)24(16-23)17-32-19(2)29(37-30(32)35)22-9-5-4-6-10-22/h4-14,16,19,29H,15,17H2,1-3H3,(H,33,34)/t19-,29-/m0/s1. The quantitative estimate of drug-likeness (QED) is 0.289. The second-order valence-corrected chi connectivity index (χ2v) is 9.43. The molecular formula is C30H28N2O6. The van der Waals surface area contributed by atoms with Crippen LogP contribution in [0.25, 0.3) is 11.1 Å². The van der Waals surface area contributed by atoms with Crippen molar-refractivity contribution in [1.29, 1.82) is 0 Å². The predicted molar refractivity (Wildman–Crippen MR) is 140 cm³/mol. The van der Waals surface area contributed by atoms with Crippen molar-refractivity contribution >= 4 is 12.1 Å². The molecule has 0 radical (unpaired) electrons. The van der Waals surface area contributed by atoms with Crippen molar-refractivity contribution in [3.63, 3.8) is 0 Å². The summed E-state index contributed by atoms with van der Waals surface area (Å²) >= 11 is 0. The van der Waals surface area contributed by atoms with Gasteiger partial charge in [0.2, 0.25) is 0 Å². The molecule has 1 saturated heterocycles. The molecule has 1 aliphatic heterocycles. The number of aliphatic carboxylic acids is 1. The van der Waals surface area contributed by atoms with Gasteiger partial charge in [-0.2, -0.15) is 0 Å². The SMILES string of the molecule is Cc1noc(C)c1-c1ccc(Oc2cccc(CC(=O)O)c2)c(CN2C(=O)O[C@H](c3ccccc3)[C@@H]2C)c1. The van der Waals surface area contributed by atoms with Crippen LogP contribution in [0.4, 0.5) is 4.79 Å². The van der Waals surface area contributed by atoms with E-state index in [1.807, 2.05) is 69.3 Å². The molecule has 8 nitrogen and oxygen atoms in total. The van der Waals surface area contributed by atoms with Crippen molar-refractivity contribution in [2.45, 2.75) is 45.9 Å². The van der Waals surface area contributed by atoms with Crippen molar-refractivity contribution < 1.29 is 28.7 Å². The number of carbonyl (C=O) groups is 2. The Balaban J connectivity index is 1.50. The first kappa shape index (κ1) is 25.1. The molecule has 0 aliphatic carbocycles. The molecule has 8 heteroatoms. The van der Waals surface area contributed by atoms with E-state index in [0.717, 1.165) is 27.9 Å². The third kappa shape index (κ3) is 5.11. The maximum Gasteiger partial charge on any atom is 0.411 e. The van der Waals surface area contributed by atoms with Crippen LogP contribution in [-0.4, -0.2) is 33.3 Å². The minimum atomic E-state index is -0.916. The second kappa shape index (κ2) is 10.4. The third-order valence-electron chi connectivity index (χ3n) is 6.72. The molecular weight excluding hydrogens is 484 g/mol. The molecule has 194 valence electrons. The van der Waals surface area contributed by atoms with E-state index in [1.54, 1.807) is 29.2 Å². The molecule has 0 saturated carbocycles. The van der Waals surface area contributed by atoms with Crippen molar-refractivity contribution in [1.82, 2.24) is 10.1 Å². The number of aromatic nitrogens is 1. The highest BCUT2D eigenvalue weighted by atomic mass is 16.6. The van der Waals surface area contributed by atoms with Crippen LogP contribution >= 0.6 is 0 Å². The summed E-state index contributed by atoms with van der Waals surface area (Å²) in [6.07, 6.45) is -0.887. The number of amides is 1. The molecule has 0 unspecified atom stereocenters. The van der Waals surface area contributed by atoms with E-state index >= 15 is 0 Å². The summed E-state index contributed by atoms with van der Waals surface area (Å²) in [6, 6.07) is 22.2. The largest absolute Gasteiger partial charge is 0.481 e. The lowest BCUT2D eigenvalue weighted by Gasteiger charge is -2.23. The number of carbonyl (C=O) groups excluding carboxylic acids is 1. The minimum absolute atomic E-state index is 0.104. The molecule has 3 aromatic carbocycles. The zero-order valence-electron chi connectivity index (χ0n) is 21.4. The van der Waals surface area contributed by atoms with Crippen molar-refractivity contribution in [2.24, 2.45) is 0 Å². The fourth-order valence-corrected chi connectivity index (χ4v) is 4.86. The zero-order chi connectivity index (χ0) is 26.8. The Kier molecular flexibility index (Phi) is 6.87. The monoisotopic (exact) mass is 512 g/mol. The summed E-state index contributed by atoms with van der Waals surface area (Å²) in [4.78, 5) is 25.9. The Bertz CT molecular complexity index is 1460. The maximum atomic E-state index is 13.0. The fourth-order valence-electron chi connectivity index (χ4n) is 4.86. The Morgan fingerprint density at radius 1 is 1.05 bits per heavy atom. The van der Waals surface area contributed by atoms with E-state index < -0.39 is 12.1 Å². The molecule has 0 bridgehead atoms. The average Bonchev–Trinajstić information content (AvgIpc) is 3.38. The Hall–Kier alpha value is -4.59. The van der Waals surface area contributed by atoms with E-state index in [9.17, 15) is 9.59 Å². The lowest BCUT2D eigenvalue weighted by Crippen LogP contribution is -2.31. The number of carboxylic acids is 1. The Morgan fingerprint density at radius 3 is 2.55 bits per heavy atom. The Morgan fingerprint density at radius 2 is 1.84 bits per heavy atom. The average molecular weight is 513 g/mol. The first-order chi connectivity index (χ1) is 18.3. The summed E-state index contributed by atoms with van der Waals surface area (Å²) in [7, 11) is 0. The normalized spacial score (nSPS) is 16.9. The molecule has 2 atom stereocenters. The molecule has 1 aromatic heterocycles. The fraction of sp³-hybridized carbons (Fsp3) is 0.233. The topological polar surface area (TPSA) is 102 Å². The summed E-state index contributed by atoms with van der Waals surface area (Å²) in [5.74, 6) is 0.841. The first-order valence-corrected chi connectivity index (χ1v) is 12.4. The van der Waals surface area contributed by atoms with Gasteiger partial charge in [0.25, 0.3) is 0 Å². The van der Waals surface area contributed by atoms with E-state index in [0.29, 0.717) is 22.8 Å². The molecule has 4 aromatic rings. The van der Waals surface area contributed by atoms with Gasteiger partial charge < -0.3 is 19.1 Å². The summed E-state index contributed by atoms with van der Waals surface area (Å²) in [5, 5.41) is 13.2. The van der Waals surface area contributed by atoms with Crippen LogP contribution in [0.15, 0.2) is 77.3 Å². The van der Waals surface area contributed by atoms with E-state index in [2.05, 4.69) is 5.16 Å². The van der Waals surface area contributed by atoms with E-state index in [1.165, 1.54) is 0 Å². The number of rotatable bonds is 8. The highest BCUT2D eigenvalue weighted by molar-refractivity contribution is 5.73. The molecule has 0 spiro atoms. The molecule has 1 N–H and O–H groups in total. The minimum Gasteiger partial charge on any atom is -0.481 e. The number of hydrogen-bond acceptors (Lipinski definition) is 6. The smallest absolute Gasteiger partial charge is 0.411 e. The summed E-state index contributed by atoms with van der Waals surface area (Å²) in [6.45, 7) is 5.97. The Labute approximate surface area is 220 Å². The van der Waals surface area contributed by atoms with Crippen molar-refractivity contribution in [3.8, 4) is 22.6 Å². The molecule has 38 heavy (non-hydrogen) atoms. The molecule has 5 rings (SSSR count). The van der Waals surface area contributed by atoms with Gasteiger partial charge in [-0.15, -0.1) is 0 Å². The van der Waals surface area contributed by atoms with E-state index in [4.69, 9.17) is 19.1 Å². The van der Waals surface area contributed by atoms with Crippen LogP contribution in [0.3, 0.4) is 0 Å². The van der Waals surface area contributed by atoms with Crippen LogP contribution in [-0.2, 0) is 22.5 Å². The van der Waals surface area contributed by atoms with Crippen LogP contribution in [0.2, 0.25) is 0 Å². The maximum absolute atomic E-state index is 13.0. The van der Waals surface area contributed by atoms with Crippen molar-refractivity contribution in [3.05, 3.63) is 101 Å². The number of ether oxygens (including phenoxy) is 2. The van der Waals surface area contributed by atoms with Crippen molar-refractivity contribution in [2.75, 3.05) is 0 Å². The molecule has 2 heterocycles. The third-order valence-corrected chi connectivity index (χ3v) is 6.72. The van der Waals surface area contributed by atoms with Gasteiger partial charge in [0, 0.05) is 11.1 Å². The number of carboxylic acid groups (broad SMARTS) is 1. The molecule has 1 fully saturated rings. The number of benzene rings is 3. The number of aryl methyl sites for hydroxylation is 2. The number of nitrogens with zero attached hydrogens (tertiary/aromatic N) is 2. The number of hydrogen-bond donors (Lipinski definition) is 1. The van der Waals surface area contributed by atoms with Crippen LogP contribution in [0, 0.1) is 13.8 Å².